The predicted molar refractivity (Wildman–Crippen MR) is 82.0 cm³/mol. The van der Waals surface area contributed by atoms with Gasteiger partial charge in [-0.1, -0.05) is 22.9 Å². The van der Waals surface area contributed by atoms with E-state index in [1.54, 1.807) is 0 Å². The van der Waals surface area contributed by atoms with Crippen LogP contribution in [-0.4, -0.2) is 35.1 Å². The summed E-state index contributed by atoms with van der Waals surface area (Å²) in [6, 6.07) is 5.39. The summed E-state index contributed by atoms with van der Waals surface area (Å²) in [7, 11) is 0. The molecule has 0 saturated carbocycles. The summed E-state index contributed by atoms with van der Waals surface area (Å²) in [6.45, 7) is 4.51. The van der Waals surface area contributed by atoms with E-state index in [9.17, 15) is 9.59 Å². The van der Waals surface area contributed by atoms with Gasteiger partial charge in [0.1, 0.15) is 0 Å². The van der Waals surface area contributed by atoms with Gasteiger partial charge in [-0.25, -0.2) is 4.79 Å². The van der Waals surface area contributed by atoms with Crippen molar-refractivity contribution in [2.24, 2.45) is 0 Å². The Kier molecular flexibility index (Phi) is 6.51. The number of rotatable bonds is 6. The molecule has 0 radical (unpaired) electrons. The van der Waals surface area contributed by atoms with Crippen LogP contribution in [0.5, 0.6) is 0 Å². The maximum atomic E-state index is 12.1. The van der Waals surface area contributed by atoms with Crippen molar-refractivity contribution in [1.29, 1.82) is 0 Å². The molecule has 0 aliphatic carbocycles. The molecule has 0 aromatic heterocycles. The van der Waals surface area contributed by atoms with E-state index >= 15 is 0 Å². The largest absolute Gasteiger partial charge is 0.481 e. The zero-order chi connectivity index (χ0) is 15.1. The number of carbonyl (C=O) groups excluding carboxylic acids is 1. The van der Waals surface area contributed by atoms with Crippen LogP contribution in [0.4, 0.5) is 10.5 Å². The lowest BCUT2D eigenvalue weighted by atomic mass is 10.1. The molecular weight excluding hydrogens is 324 g/mol. The normalized spacial score (nSPS) is 10.2. The third-order valence-electron chi connectivity index (χ3n) is 2.95. The van der Waals surface area contributed by atoms with Gasteiger partial charge in [-0.05, 0) is 37.1 Å². The number of nitrogens with one attached hydrogen (secondary N) is 1. The zero-order valence-corrected chi connectivity index (χ0v) is 13.2. The Labute approximate surface area is 127 Å². The van der Waals surface area contributed by atoms with Gasteiger partial charge < -0.3 is 15.3 Å². The Morgan fingerprint density at radius 1 is 1.35 bits per heavy atom. The predicted octanol–water partition coefficient (Wildman–Crippen LogP) is 3.34. The first-order chi connectivity index (χ1) is 9.47. The SMILES string of the molecule is CCc1cc(Br)ccc1NC(=O)N(CC)CCC(=O)O. The summed E-state index contributed by atoms with van der Waals surface area (Å²) >= 11 is 3.40. The fraction of sp³-hybridized carbons (Fsp3) is 0.429. The summed E-state index contributed by atoms with van der Waals surface area (Å²) in [5, 5.41) is 11.5. The minimum Gasteiger partial charge on any atom is -0.481 e. The van der Waals surface area contributed by atoms with Crippen LogP contribution < -0.4 is 5.32 Å². The Bertz CT molecular complexity index is 491. The maximum Gasteiger partial charge on any atom is 0.321 e. The number of carbonyl (C=O) groups is 2. The Morgan fingerprint density at radius 2 is 2.05 bits per heavy atom. The highest BCUT2D eigenvalue weighted by molar-refractivity contribution is 9.10. The summed E-state index contributed by atoms with van der Waals surface area (Å²) in [4.78, 5) is 24.2. The highest BCUT2D eigenvalue weighted by Crippen LogP contribution is 2.21. The number of carboxylic acids is 1. The average molecular weight is 343 g/mol. The molecule has 110 valence electrons. The van der Waals surface area contributed by atoms with Crippen molar-refractivity contribution in [3.63, 3.8) is 0 Å². The molecule has 0 unspecified atom stereocenters. The van der Waals surface area contributed by atoms with Gasteiger partial charge in [0.05, 0.1) is 6.42 Å². The lowest BCUT2D eigenvalue weighted by molar-refractivity contribution is -0.137. The number of aryl methyl sites for hydroxylation is 1. The smallest absolute Gasteiger partial charge is 0.321 e. The van der Waals surface area contributed by atoms with Gasteiger partial charge in [0.15, 0.2) is 0 Å². The van der Waals surface area contributed by atoms with E-state index in [0.29, 0.717) is 6.54 Å². The second-order valence-corrected chi connectivity index (χ2v) is 5.22. The molecule has 1 rings (SSSR count). The molecule has 1 aromatic rings. The van der Waals surface area contributed by atoms with Crippen LogP contribution in [0.25, 0.3) is 0 Å². The molecule has 0 saturated heterocycles. The standard InChI is InChI=1S/C14H19BrN2O3/c1-3-10-9-11(15)5-6-12(10)16-14(20)17(4-2)8-7-13(18)19/h5-6,9H,3-4,7-8H2,1-2H3,(H,16,20)(H,18,19). The van der Waals surface area contributed by atoms with Crippen molar-refractivity contribution >= 4 is 33.6 Å². The minimum absolute atomic E-state index is 0.0533. The fourth-order valence-electron chi connectivity index (χ4n) is 1.80. The number of anilines is 1. The Hall–Kier alpha value is -1.56. The first kappa shape index (κ1) is 16.5. The van der Waals surface area contributed by atoms with E-state index in [1.165, 1.54) is 4.90 Å². The van der Waals surface area contributed by atoms with Crippen molar-refractivity contribution in [3.8, 4) is 0 Å². The zero-order valence-electron chi connectivity index (χ0n) is 11.6. The monoisotopic (exact) mass is 342 g/mol. The minimum atomic E-state index is -0.908. The number of hydrogen-bond acceptors (Lipinski definition) is 2. The fourth-order valence-corrected chi connectivity index (χ4v) is 2.21. The van der Waals surface area contributed by atoms with Gasteiger partial charge in [-0.3, -0.25) is 4.79 Å². The maximum absolute atomic E-state index is 12.1. The number of aliphatic carboxylic acids is 1. The third-order valence-corrected chi connectivity index (χ3v) is 3.45. The molecule has 6 heteroatoms. The topological polar surface area (TPSA) is 69.6 Å². The Morgan fingerprint density at radius 3 is 2.60 bits per heavy atom. The first-order valence-electron chi connectivity index (χ1n) is 6.54. The van der Waals surface area contributed by atoms with Crippen molar-refractivity contribution in [2.75, 3.05) is 18.4 Å². The van der Waals surface area contributed by atoms with E-state index in [4.69, 9.17) is 5.11 Å². The van der Waals surface area contributed by atoms with Gasteiger partial charge in [-0.2, -0.15) is 0 Å². The molecular formula is C14H19BrN2O3. The van der Waals surface area contributed by atoms with E-state index in [-0.39, 0.29) is 19.0 Å². The van der Waals surface area contributed by atoms with Crippen molar-refractivity contribution in [2.45, 2.75) is 26.7 Å². The molecule has 0 bridgehead atoms. The van der Waals surface area contributed by atoms with Crippen LogP contribution in [0.3, 0.4) is 0 Å². The molecule has 0 spiro atoms. The molecule has 2 amide bonds. The quantitative estimate of drug-likeness (QED) is 0.832. The van der Waals surface area contributed by atoms with Crippen LogP contribution in [0, 0.1) is 0 Å². The van der Waals surface area contributed by atoms with E-state index < -0.39 is 5.97 Å². The summed E-state index contributed by atoms with van der Waals surface area (Å²) in [6.07, 6.45) is 0.749. The molecule has 0 aliphatic heterocycles. The highest BCUT2D eigenvalue weighted by Gasteiger charge is 2.14. The van der Waals surface area contributed by atoms with Crippen LogP contribution in [0.1, 0.15) is 25.8 Å². The number of halogens is 1. The van der Waals surface area contributed by atoms with Crippen LogP contribution in [0.15, 0.2) is 22.7 Å². The molecule has 2 N–H and O–H groups in total. The lowest BCUT2D eigenvalue weighted by Gasteiger charge is -2.21. The molecule has 0 fully saturated rings. The van der Waals surface area contributed by atoms with Crippen LogP contribution in [-0.2, 0) is 11.2 Å². The van der Waals surface area contributed by atoms with Gasteiger partial charge in [0.2, 0.25) is 0 Å². The summed E-state index contributed by atoms with van der Waals surface area (Å²) < 4.78 is 0.963. The number of urea groups is 1. The van der Waals surface area contributed by atoms with Crippen molar-refractivity contribution in [3.05, 3.63) is 28.2 Å². The number of nitrogens with zero attached hydrogens (tertiary/aromatic N) is 1. The van der Waals surface area contributed by atoms with Crippen LogP contribution >= 0.6 is 15.9 Å². The van der Waals surface area contributed by atoms with Crippen LogP contribution in [0.2, 0.25) is 0 Å². The van der Waals surface area contributed by atoms with Crippen molar-refractivity contribution in [1.82, 2.24) is 4.90 Å². The molecule has 1 aromatic carbocycles. The highest BCUT2D eigenvalue weighted by atomic mass is 79.9. The van der Waals surface area contributed by atoms with E-state index in [2.05, 4.69) is 21.2 Å². The van der Waals surface area contributed by atoms with Gasteiger partial charge in [0.25, 0.3) is 0 Å². The number of amides is 2. The average Bonchev–Trinajstić information content (AvgIpc) is 2.41. The molecule has 0 aliphatic rings. The summed E-state index contributed by atoms with van der Waals surface area (Å²) in [5.74, 6) is -0.908. The van der Waals surface area contributed by atoms with Gasteiger partial charge in [-0.15, -0.1) is 0 Å². The van der Waals surface area contributed by atoms with Crippen molar-refractivity contribution < 1.29 is 14.7 Å². The van der Waals surface area contributed by atoms with Gasteiger partial charge >= 0.3 is 12.0 Å². The second-order valence-electron chi connectivity index (χ2n) is 4.31. The summed E-state index contributed by atoms with van der Waals surface area (Å²) in [5.41, 5.74) is 1.79. The molecule has 0 heterocycles. The third kappa shape index (κ3) is 4.85. The second kappa shape index (κ2) is 7.89. The first-order valence-corrected chi connectivity index (χ1v) is 7.33. The van der Waals surface area contributed by atoms with Gasteiger partial charge in [0, 0.05) is 23.2 Å². The molecule has 5 nitrogen and oxygen atoms in total. The number of benzene rings is 1. The lowest BCUT2D eigenvalue weighted by Crippen LogP contribution is -2.36. The molecule has 20 heavy (non-hydrogen) atoms. The molecule has 0 atom stereocenters. The Balaban J connectivity index is 2.75. The van der Waals surface area contributed by atoms with E-state index in [0.717, 1.165) is 22.1 Å². The van der Waals surface area contributed by atoms with E-state index in [1.807, 2.05) is 32.0 Å². The number of hydrogen-bond donors (Lipinski definition) is 2. The number of carboxylic acid groups (broad SMARTS) is 1.